The van der Waals surface area contributed by atoms with Crippen LogP contribution in [0.1, 0.15) is 23.4 Å². The largest absolute Gasteiger partial charge is 0.369 e. The Morgan fingerprint density at radius 1 is 1.14 bits per heavy atom. The third-order valence-corrected chi connectivity index (χ3v) is 5.46. The van der Waals surface area contributed by atoms with Crippen LogP contribution >= 0.6 is 11.6 Å². The van der Waals surface area contributed by atoms with E-state index in [0.717, 1.165) is 55.6 Å². The lowest BCUT2D eigenvalue weighted by molar-refractivity contribution is -0.122. The third-order valence-electron chi connectivity index (χ3n) is 5.22. The smallest absolute Gasteiger partial charge is 0.234 e. The summed E-state index contributed by atoms with van der Waals surface area (Å²) in [6.45, 7) is 11.7. The molecule has 1 amide bonds. The Morgan fingerprint density at radius 2 is 1.89 bits per heavy atom. The van der Waals surface area contributed by atoms with E-state index in [-0.39, 0.29) is 5.91 Å². The van der Waals surface area contributed by atoms with Crippen molar-refractivity contribution < 1.29 is 4.79 Å². The van der Waals surface area contributed by atoms with Gasteiger partial charge in [0.1, 0.15) is 0 Å². The van der Waals surface area contributed by atoms with E-state index in [0.29, 0.717) is 13.1 Å². The van der Waals surface area contributed by atoms with Gasteiger partial charge in [-0.25, -0.2) is 0 Å². The van der Waals surface area contributed by atoms with Crippen LogP contribution in [0.2, 0.25) is 5.02 Å². The fraction of sp³-hybridized carbons (Fsp3) is 0.524. The Hall–Kier alpha value is -2.05. The number of hydrogen-bond acceptors (Lipinski definition) is 4. The molecule has 152 valence electrons. The molecule has 6 nitrogen and oxygen atoms in total. The second kappa shape index (κ2) is 9.43. The fourth-order valence-corrected chi connectivity index (χ4v) is 3.85. The number of hydrogen-bond donors (Lipinski definition) is 1. The number of carbonyl (C=O) groups is 1. The summed E-state index contributed by atoms with van der Waals surface area (Å²) in [6, 6.07) is 8.09. The van der Waals surface area contributed by atoms with Crippen LogP contribution in [0.3, 0.4) is 0 Å². The maximum absolute atomic E-state index is 12.2. The van der Waals surface area contributed by atoms with E-state index >= 15 is 0 Å². The minimum absolute atomic E-state index is 0.0979. The molecule has 0 unspecified atom stereocenters. The molecule has 7 heteroatoms. The van der Waals surface area contributed by atoms with Gasteiger partial charge in [0.2, 0.25) is 5.91 Å². The van der Waals surface area contributed by atoms with Crippen LogP contribution in [-0.2, 0) is 11.3 Å². The number of rotatable bonds is 7. The number of anilines is 1. The molecule has 1 aromatic heterocycles. The highest BCUT2D eigenvalue weighted by molar-refractivity contribution is 6.30. The van der Waals surface area contributed by atoms with E-state index < -0.39 is 0 Å². The van der Waals surface area contributed by atoms with Crippen LogP contribution in [0.25, 0.3) is 0 Å². The zero-order chi connectivity index (χ0) is 20.1. The van der Waals surface area contributed by atoms with Gasteiger partial charge in [-0.2, -0.15) is 5.10 Å². The van der Waals surface area contributed by atoms with Gasteiger partial charge < -0.3 is 10.2 Å². The number of halogens is 1. The monoisotopic (exact) mass is 403 g/mol. The molecule has 0 aliphatic carbocycles. The molecule has 1 aromatic carbocycles. The van der Waals surface area contributed by atoms with Gasteiger partial charge >= 0.3 is 0 Å². The minimum Gasteiger partial charge on any atom is -0.369 e. The molecule has 2 heterocycles. The SMILES string of the molecule is Cc1cc(C)n(CCCNC(=O)CN2CCN(c3cc(Cl)ccc3C)CC2)n1. The molecule has 2 aromatic rings. The van der Waals surface area contributed by atoms with Crippen molar-refractivity contribution in [2.45, 2.75) is 33.7 Å². The van der Waals surface area contributed by atoms with Gasteiger partial charge in [-0.05, 0) is 51.0 Å². The lowest BCUT2D eigenvalue weighted by atomic mass is 10.1. The number of piperazine rings is 1. The molecule has 0 bridgehead atoms. The molecule has 0 spiro atoms. The van der Waals surface area contributed by atoms with Crippen molar-refractivity contribution >= 4 is 23.2 Å². The van der Waals surface area contributed by atoms with Gasteiger partial charge in [-0.3, -0.25) is 14.4 Å². The first-order valence-corrected chi connectivity index (χ1v) is 10.3. The van der Waals surface area contributed by atoms with Crippen molar-refractivity contribution in [2.24, 2.45) is 0 Å². The van der Waals surface area contributed by atoms with E-state index in [4.69, 9.17) is 11.6 Å². The van der Waals surface area contributed by atoms with Crippen LogP contribution in [0.15, 0.2) is 24.3 Å². The first-order chi connectivity index (χ1) is 13.4. The van der Waals surface area contributed by atoms with Gasteiger partial charge in [-0.1, -0.05) is 17.7 Å². The molecule has 0 atom stereocenters. The van der Waals surface area contributed by atoms with Gasteiger partial charge in [-0.15, -0.1) is 0 Å². The number of aryl methyl sites for hydroxylation is 4. The first kappa shape index (κ1) is 20.7. The molecule has 1 aliphatic rings. The normalized spacial score (nSPS) is 15.1. The van der Waals surface area contributed by atoms with Crippen LogP contribution < -0.4 is 10.2 Å². The fourth-order valence-electron chi connectivity index (χ4n) is 3.69. The van der Waals surface area contributed by atoms with Crippen molar-refractivity contribution in [1.29, 1.82) is 0 Å². The highest BCUT2D eigenvalue weighted by Gasteiger charge is 2.20. The van der Waals surface area contributed by atoms with E-state index in [1.165, 1.54) is 11.3 Å². The quantitative estimate of drug-likeness (QED) is 0.722. The standard InChI is InChI=1S/C21H30ClN5O/c1-16-5-6-19(22)14-20(16)26-11-9-25(10-12-26)15-21(28)23-7-4-8-27-18(3)13-17(2)24-27/h5-6,13-14H,4,7-12,15H2,1-3H3,(H,23,28). The van der Waals surface area contributed by atoms with Crippen LogP contribution in [0, 0.1) is 20.8 Å². The Bertz CT molecular complexity index is 811. The Balaban J connectivity index is 1.36. The van der Waals surface area contributed by atoms with Crippen LogP contribution in [0.4, 0.5) is 5.69 Å². The number of nitrogens with one attached hydrogen (secondary N) is 1. The highest BCUT2D eigenvalue weighted by atomic mass is 35.5. The number of amides is 1. The second-order valence-electron chi connectivity index (χ2n) is 7.55. The topological polar surface area (TPSA) is 53.4 Å². The molecular formula is C21H30ClN5O. The maximum atomic E-state index is 12.2. The third kappa shape index (κ3) is 5.49. The molecule has 3 rings (SSSR count). The molecule has 1 aliphatic heterocycles. The van der Waals surface area contributed by atoms with Crippen molar-refractivity contribution in [3.05, 3.63) is 46.2 Å². The molecular weight excluding hydrogens is 374 g/mol. The van der Waals surface area contributed by atoms with E-state index in [1.54, 1.807) is 0 Å². The average molecular weight is 404 g/mol. The number of aromatic nitrogens is 2. The zero-order valence-corrected chi connectivity index (χ0v) is 17.8. The molecule has 1 N–H and O–H groups in total. The lowest BCUT2D eigenvalue weighted by Gasteiger charge is -2.36. The lowest BCUT2D eigenvalue weighted by Crippen LogP contribution is -2.49. The van der Waals surface area contributed by atoms with Gasteiger partial charge in [0, 0.05) is 55.7 Å². The molecule has 0 radical (unpaired) electrons. The van der Waals surface area contributed by atoms with Gasteiger partial charge in [0.15, 0.2) is 0 Å². The molecule has 28 heavy (non-hydrogen) atoms. The van der Waals surface area contributed by atoms with Crippen LogP contribution in [-0.4, -0.2) is 59.9 Å². The molecule has 0 saturated carbocycles. The highest BCUT2D eigenvalue weighted by Crippen LogP contribution is 2.25. The Kier molecular flexibility index (Phi) is 6.97. The van der Waals surface area contributed by atoms with Crippen molar-refractivity contribution in [2.75, 3.05) is 44.2 Å². The van der Waals surface area contributed by atoms with Gasteiger partial charge in [0.25, 0.3) is 0 Å². The number of nitrogens with zero attached hydrogens (tertiary/aromatic N) is 4. The summed E-state index contributed by atoms with van der Waals surface area (Å²) in [7, 11) is 0. The predicted molar refractivity (Wildman–Crippen MR) is 114 cm³/mol. The summed E-state index contributed by atoms with van der Waals surface area (Å²) >= 11 is 6.15. The average Bonchev–Trinajstić information content (AvgIpc) is 2.99. The first-order valence-electron chi connectivity index (χ1n) is 9.93. The predicted octanol–water partition coefficient (Wildman–Crippen LogP) is 2.79. The van der Waals surface area contributed by atoms with Crippen LogP contribution in [0.5, 0.6) is 0 Å². The summed E-state index contributed by atoms with van der Waals surface area (Å²) in [5.41, 5.74) is 4.63. The van der Waals surface area contributed by atoms with Crippen molar-refractivity contribution in [1.82, 2.24) is 20.0 Å². The summed E-state index contributed by atoms with van der Waals surface area (Å²) in [5.74, 6) is 0.0979. The van der Waals surface area contributed by atoms with E-state index in [9.17, 15) is 4.79 Å². The van der Waals surface area contributed by atoms with Crippen molar-refractivity contribution in [3.63, 3.8) is 0 Å². The maximum Gasteiger partial charge on any atom is 0.234 e. The van der Waals surface area contributed by atoms with E-state index in [2.05, 4.69) is 46.2 Å². The van der Waals surface area contributed by atoms with Gasteiger partial charge in [0.05, 0.1) is 12.2 Å². The van der Waals surface area contributed by atoms with Crippen molar-refractivity contribution in [3.8, 4) is 0 Å². The number of benzene rings is 1. The molecule has 1 fully saturated rings. The summed E-state index contributed by atoms with van der Waals surface area (Å²) < 4.78 is 2.00. The van der Waals surface area contributed by atoms with E-state index in [1.807, 2.05) is 23.7 Å². The minimum atomic E-state index is 0.0979. The zero-order valence-electron chi connectivity index (χ0n) is 17.0. The second-order valence-corrected chi connectivity index (χ2v) is 7.98. The Morgan fingerprint density at radius 3 is 2.57 bits per heavy atom. The summed E-state index contributed by atoms with van der Waals surface area (Å²) in [4.78, 5) is 16.8. The summed E-state index contributed by atoms with van der Waals surface area (Å²) in [5, 5.41) is 8.25. The Labute approximate surface area is 172 Å². The number of carbonyl (C=O) groups excluding carboxylic acids is 1. The molecule has 1 saturated heterocycles. The summed E-state index contributed by atoms with van der Waals surface area (Å²) in [6.07, 6.45) is 0.884.